The van der Waals surface area contributed by atoms with E-state index in [9.17, 15) is 13.6 Å². The molecule has 3 N–H and O–H groups in total. The summed E-state index contributed by atoms with van der Waals surface area (Å²) in [5, 5.41) is 3.53. The van der Waals surface area contributed by atoms with Gasteiger partial charge in [-0.15, -0.1) is 0 Å². The molecular formula is C11H13F2N3O3. The van der Waals surface area contributed by atoms with Gasteiger partial charge in [-0.2, -0.15) is 5.10 Å². The Balaban J connectivity index is 2.94. The molecule has 1 aromatic rings. The molecule has 0 unspecified atom stereocenters. The Kier molecular flexibility index (Phi) is 5.52. The van der Waals surface area contributed by atoms with Crippen LogP contribution in [0.25, 0.3) is 0 Å². The van der Waals surface area contributed by atoms with Crippen LogP contribution in [-0.2, 0) is 0 Å². The van der Waals surface area contributed by atoms with E-state index in [2.05, 4.69) is 5.10 Å². The summed E-state index contributed by atoms with van der Waals surface area (Å²) in [5.74, 6) is 0.393. The van der Waals surface area contributed by atoms with E-state index in [1.165, 1.54) is 13.3 Å². The van der Waals surface area contributed by atoms with Gasteiger partial charge in [0.1, 0.15) is 6.61 Å². The average Bonchev–Trinajstić information content (AvgIpc) is 2.36. The molecule has 0 spiro atoms. The lowest BCUT2D eigenvalue weighted by atomic mass is 10.2. The molecule has 0 heterocycles. The highest BCUT2D eigenvalue weighted by Crippen LogP contribution is 2.30. The maximum absolute atomic E-state index is 12.2. The number of carbonyl (C=O) groups is 1. The third-order valence-corrected chi connectivity index (χ3v) is 1.96. The van der Waals surface area contributed by atoms with Crippen LogP contribution in [0.3, 0.4) is 0 Å². The molecule has 0 atom stereocenters. The number of hydrazone groups is 1. The van der Waals surface area contributed by atoms with E-state index in [0.717, 1.165) is 0 Å². The van der Waals surface area contributed by atoms with Gasteiger partial charge in [0.2, 0.25) is 0 Å². The molecule has 0 saturated carbocycles. The minimum atomic E-state index is -2.61. The fourth-order valence-electron chi connectivity index (χ4n) is 1.26. The third kappa shape index (κ3) is 4.78. The first-order valence-corrected chi connectivity index (χ1v) is 5.21. The van der Waals surface area contributed by atoms with E-state index < -0.39 is 19.1 Å². The Morgan fingerprint density at radius 1 is 1.58 bits per heavy atom. The maximum atomic E-state index is 12.2. The van der Waals surface area contributed by atoms with Crippen molar-refractivity contribution in [3.63, 3.8) is 0 Å². The van der Waals surface area contributed by atoms with E-state index in [0.29, 0.717) is 5.56 Å². The zero-order valence-corrected chi connectivity index (χ0v) is 10.1. The quantitative estimate of drug-likeness (QED) is 0.605. The van der Waals surface area contributed by atoms with Crippen LogP contribution in [0.15, 0.2) is 23.3 Å². The lowest BCUT2D eigenvalue weighted by Crippen LogP contribution is -2.24. The highest BCUT2D eigenvalue weighted by molar-refractivity contribution is 5.86. The monoisotopic (exact) mass is 273 g/mol. The van der Waals surface area contributed by atoms with E-state index in [1.807, 2.05) is 5.43 Å². The zero-order valence-electron chi connectivity index (χ0n) is 10.1. The number of benzene rings is 1. The third-order valence-electron chi connectivity index (χ3n) is 1.96. The summed E-state index contributed by atoms with van der Waals surface area (Å²) in [6.45, 7) is -0.773. The molecule has 19 heavy (non-hydrogen) atoms. The predicted molar refractivity (Wildman–Crippen MR) is 64.8 cm³/mol. The second-order valence-corrected chi connectivity index (χ2v) is 3.31. The van der Waals surface area contributed by atoms with Crippen LogP contribution in [0.2, 0.25) is 0 Å². The van der Waals surface area contributed by atoms with Crippen LogP contribution in [0.5, 0.6) is 11.5 Å². The molecule has 0 aliphatic rings. The molecule has 0 aliphatic carbocycles. The van der Waals surface area contributed by atoms with E-state index in [4.69, 9.17) is 15.2 Å². The van der Waals surface area contributed by atoms with Crippen LogP contribution in [0.1, 0.15) is 5.56 Å². The summed E-state index contributed by atoms with van der Waals surface area (Å²) in [6.07, 6.45) is -1.40. The van der Waals surface area contributed by atoms with Gasteiger partial charge in [0.25, 0.3) is 6.43 Å². The van der Waals surface area contributed by atoms with Crippen molar-refractivity contribution in [3.05, 3.63) is 23.8 Å². The van der Waals surface area contributed by atoms with Gasteiger partial charge >= 0.3 is 6.03 Å². The van der Waals surface area contributed by atoms with Crippen molar-refractivity contribution in [1.82, 2.24) is 5.43 Å². The SMILES string of the molecule is COc1cccc(C=NNC(N)=O)c1OCC(F)F. The topological polar surface area (TPSA) is 85.9 Å². The molecule has 8 heteroatoms. The molecule has 0 aliphatic heterocycles. The molecule has 6 nitrogen and oxygen atoms in total. The minimum absolute atomic E-state index is 0.111. The Hall–Kier alpha value is -2.38. The first-order valence-electron chi connectivity index (χ1n) is 5.21. The van der Waals surface area contributed by atoms with Gasteiger partial charge in [-0.1, -0.05) is 6.07 Å². The summed E-state index contributed by atoms with van der Waals surface area (Å²) in [4.78, 5) is 10.5. The number of alkyl halides is 2. The Morgan fingerprint density at radius 3 is 2.89 bits per heavy atom. The Labute approximate surface area is 108 Å². The van der Waals surface area contributed by atoms with Gasteiger partial charge in [0.15, 0.2) is 11.5 Å². The fourth-order valence-corrected chi connectivity index (χ4v) is 1.26. The fraction of sp³-hybridized carbons (Fsp3) is 0.273. The van der Waals surface area contributed by atoms with Crippen LogP contribution in [0.4, 0.5) is 13.6 Å². The van der Waals surface area contributed by atoms with Crippen molar-refractivity contribution in [3.8, 4) is 11.5 Å². The van der Waals surface area contributed by atoms with Crippen LogP contribution in [-0.4, -0.2) is 32.4 Å². The second kappa shape index (κ2) is 7.14. The number of hydrogen-bond acceptors (Lipinski definition) is 4. The summed E-state index contributed by atoms with van der Waals surface area (Å²) >= 11 is 0. The van der Waals surface area contributed by atoms with E-state index in [1.54, 1.807) is 18.2 Å². The van der Waals surface area contributed by atoms with Crippen molar-refractivity contribution < 1.29 is 23.0 Å². The van der Waals surface area contributed by atoms with Crippen LogP contribution >= 0.6 is 0 Å². The van der Waals surface area contributed by atoms with Gasteiger partial charge < -0.3 is 15.2 Å². The number of amides is 2. The number of para-hydroxylation sites is 1. The summed E-state index contributed by atoms with van der Waals surface area (Å²) in [5.41, 5.74) is 7.19. The average molecular weight is 273 g/mol. The van der Waals surface area contributed by atoms with Crippen molar-refractivity contribution in [2.24, 2.45) is 10.8 Å². The van der Waals surface area contributed by atoms with E-state index >= 15 is 0 Å². The standard InChI is InChI=1S/C11H13F2N3O3/c1-18-8-4-2-3-7(5-15-16-11(14)17)10(8)19-6-9(12)13/h2-5,9H,6H2,1H3,(H3,14,16,17). The maximum Gasteiger partial charge on any atom is 0.332 e. The molecule has 0 aromatic heterocycles. The Bertz CT molecular complexity index is 466. The molecule has 2 amide bonds. The molecule has 104 valence electrons. The van der Waals surface area contributed by atoms with Crippen LogP contribution in [0, 0.1) is 0 Å². The highest BCUT2D eigenvalue weighted by atomic mass is 19.3. The number of urea groups is 1. The van der Waals surface area contributed by atoms with Crippen molar-refractivity contribution >= 4 is 12.2 Å². The highest BCUT2D eigenvalue weighted by Gasteiger charge is 2.12. The number of nitrogens with two attached hydrogens (primary N) is 1. The van der Waals surface area contributed by atoms with Crippen molar-refractivity contribution in [2.75, 3.05) is 13.7 Å². The molecule has 0 bridgehead atoms. The number of methoxy groups -OCH3 is 1. The number of carbonyl (C=O) groups excluding carboxylic acids is 1. The van der Waals surface area contributed by atoms with Gasteiger partial charge in [-0.05, 0) is 12.1 Å². The molecule has 0 saturated heterocycles. The number of hydrogen-bond donors (Lipinski definition) is 2. The predicted octanol–water partition coefficient (Wildman–Crippen LogP) is 1.34. The number of primary amides is 1. The Morgan fingerprint density at radius 2 is 2.32 bits per heavy atom. The zero-order chi connectivity index (χ0) is 14.3. The van der Waals surface area contributed by atoms with Crippen molar-refractivity contribution in [1.29, 1.82) is 0 Å². The summed E-state index contributed by atoms with van der Waals surface area (Å²) < 4.78 is 34.3. The summed E-state index contributed by atoms with van der Waals surface area (Å²) in [7, 11) is 1.38. The van der Waals surface area contributed by atoms with Gasteiger partial charge in [-0.3, -0.25) is 0 Å². The normalized spacial score (nSPS) is 10.7. The summed E-state index contributed by atoms with van der Waals surface area (Å²) in [6, 6.07) is 3.91. The van der Waals surface area contributed by atoms with E-state index in [-0.39, 0.29) is 11.5 Å². The molecular weight excluding hydrogens is 260 g/mol. The van der Waals surface area contributed by atoms with Gasteiger partial charge in [-0.25, -0.2) is 19.0 Å². The number of nitrogens with zero attached hydrogens (tertiary/aromatic N) is 1. The van der Waals surface area contributed by atoms with Crippen molar-refractivity contribution in [2.45, 2.75) is 6.43 Å². The number of ether oxygens (including phenoxy) is 2. The van der Waals surface area contributed by atoms with Crippen LogP contribution < -0.4 is 20.6 Å². The smallest absolute Gasteiger partial charge is 0.332 e. The molecule has 0 fully saturated rings. The second-order valence-electron chi connectivity index (χ2n) is 3.31. The number of rotatable bonds is 6. The lowest BCUT2D eigenvalue weighted by molar-refractivity contribution is 0.0804. The van der Waals surface area contributed by atoms with Gasteiger partial charge in [0, 0.05) is 5.56 Å². The molecule has 1 rings (SSSR count). The molecule has 1 aromatic carbocycles. The lowest BCUT2D eigenvalue weighted by Gasteiger charge is -2.12. The first kappa shape index (κ1) is 14.7. The first-order chi connectivity index (χ1) is 9.04. The van der Waals surface area contributed by atoms with Gasteiger partial charge in [0.05, 0.1) is 13.3 Å². The molecule has 0 radical (unpaired) electrons. The largest absolute Gasteiger partial charge is 0.493 e. The number of halogens is 2. The number of nitrogens with one attached hydrogen (secondary N) is 1. The minimum Gasteiger partial charge on any atom is -0.493 e.